The number of nitrogens with zero attached hydrogens (tertiary/aromatic N) is 1. The van der Waals surface area contributed by atoms with Crippen molar-refractivity contribution in [1.82, 2.24) is 0 Å². The molecule has 0 amide bonds. The number of carboxylic acids is 1. The van der Waals surface area contributed by atoms with E-state index in [1.807, 2.05) is 0 Å². The zero-order valence-corrected chi connectivity index (χ0v) is 11.1. The van der Waals surface area contributed by atoms with Gasteiger partial charge < -0.3 is 14.9 Å². The van der Waals surface area contributed by atoms with E-state index in [0.717, 1.165) is 0 Å². The fourth-order valence-electron chi connectivity index (χ4n) is 0.425. The van der Waals surface area contributed by atoms with Crippen LogP contribution < -0.4 is 0 Å². The third-order valence-corrected chi connectivity index (χ3v) is 1.36. The van der Waals surface area contributed by atoms with Gasteiger partial charge in [-0.1, -0.05) is 19.2 Å². The number of carbonyl (C=O) groups excluding carboxylic acids is 1. The monoisotopic (exact) mass is 269 g/mol. The quantitative estimate of drug-likeness (QED) is 0.346. The van der Waals surface area contributed by atoms with Crippen LogP contribution in [0.25, 0.3) is 0 Å². The fraction of sp³-hybridized carbons (Fsp3) is 0.308. The highest BCUT2D eigenvalue weighted by Crippen LogP contribution is 1.98. The highest BCUT2D eigenvalue weighted by molar-refractivity contribution is 5.88. The van der Waals surface area contributed by atoms with Gasteiger partial charge in [0, 0.05) is 6.08 Å². The number of esters is 1. The maximum atomic E-state index is 10.5. The Hall–Kier alpha value is -2.39. The zero-order chi connectivity index (χ0) is 15.8. The number of aliphatic hydroxyl groups excluding tert-OH is 1. The number of aliphatic hydroxyl groups is 1. The first kappa shape index (κ1) is 21.9. The van der Waals surface area contributed by atoms with Crippen molar-refractivity contribution in [3.63, 3.8) is 0 Å². The molecule has 0 radical (unpaired) electrons. The van der Waals surface area contributed by atoms with Gasteiger partial charge in [0.15, 0.2) is 0 Å². The first-order valence-corrected chi connectivity index (χ1v) is 5.06. The Morgan fingerprint density at radius 3 is 1.95 bits per heavy atom. The van der Waals surface area contributed by atoms with Crippen LogP contribution in [-0.2, 0) is 14.3 Å². The number of ether oxygens (including phenoxy) is 1. The van der Waals surface area contributed by atoms with Crippen molar-refractivity contribution in [3.05, 3.63) is 37.5 Å². The number of allylic oxidation sites excluding steroid dienone is 1. The summed E-state index contributed by atoms with van der Waals surface area (Å²) in [7, 11) is 1.25. The van der Waals surface area contributed by atoms with Crippen LogP contribution in [0.1, 0.15) is 13.3 Å². The highest BCUT2D eigenvalue weighted by Gasteiger charge is 2.10. The second-order valence-corrected chi connectivity index (χ2v) is 2.91. The smallest absolute Gasteiger partial charge is 0.335 e. The molecule has 0 aliphatic carbocycles. The molecule has 1 atom stereocenters. The van der Waals surface area contributed by atoms with Crippen molar-refractivity contribution < 1.29 is 24.5 Å². The van der Waals surface area contributed by atoms with E-state index in [1.165, 1.54) is 26.2 Å². The molecule has 0 rings (SSSR count). The van der Waals surface area contributed by atoms with Crippen molar-refractivity contribution in [1.29, 1.82) is 5.26 Å². The van der Waals surface area contributed by atoms with Gasteiger partial charge in [-0.05, 0) is 6.92 Å². The lowest BCUT2D eigenvalue weighted by Crippen LogP contribution is -2.14. The first-order chi connectivity index (χ1) is 8.78. The molecule has 0 aromatic heterocycles. The van der Waals surface area contributed by atoms with Gasteiger partial charge in [-0.3, -0.25) is 4.79 Å². The molecule has 0 bridgehead atoms. The van der Waals surface area contributed by atoms with E-state index in [4.69, 9.17) is 15.5 Å². The lowest BCUT2D eigenvalue weighted by molar-refractivity contribution is -0.137. The Labute approximate surface area is 112 Å². The predicted octanol–water partition coefficient (Wildman–Crippen LogP) is 1.44. The third-order valence-electron chi connectivity index (χ3n) is 1.36. The van der Waals surface area contributed by atoms with Crippen LogP contribution in [0.15, 0.2) is 37.5 Å². The topological polar surface area (TPSA) is 108 Å². The number of methoxy groups -OCH3 is 1. The number of carboxylic acid groups (broad SMARTS) is 1. The third kappa shape index (κ3) is 21.5. The van der Waals surface area contributed by atoms with Crippen LogP contribution in [0.3, 0.4) is 0 Å². The van der Waals surface area contributed by atoms with E-state index in [-0.39, 0.29) is 12.0 Å². The van der Waals surface area contributed by atoms with Crippen molar-refractivity contribution in [2.24, 2.45) is 0 Å². The largest absolute Gasteiger partial charge is 0.481 e. The zero-order valence-electron chi connectivity index (χ0n) is 11.1. The second-order valence-electron chi connectivity index (χ2n) is 2.91. The number of hydrogen-bond donors (Lipinski definition) is 2. The molecule has 0 saturated carbocycles. The van der Waals surface area contributed by atoms with Crippen molar-refractivity contribution in [2.45, 2.75) is 19.4 Å². The van der Waals surface area contributed by atoms with E-state index < -0.39 is 18.0 Å². The standard InChI is InChI=1S/C6H10O3.C4H6O2.C3H3N/c1-4(5(2)7)6(8)9-3;1-2-3-4(5)6;1-2-3-4/h5,7H,1H2,2-3H3;2H,1,3H2,(H,5,6);2H,1H2. The van der Waals surface area contributed by atoms with Crippen molar-refractivity contribution in [2.75, 3.05) is 7.11 Å². The number of nitriles is 1. The Balaban J connectivity index is -0.000000222. The molecule has 0 aliphatic heterocycles. The predicted molar refractivity (Wildman–Crippen MR) is 71.1 cm³/mol. The minimum Gasteiger partial charge on any atom is -0.481 e. The van der Waals surface area contributed by atoms with Crippen LogP contribution in [0.5, 0.6) is 0 Å². The number of carbonyl (C=O) groups is 2. The minimum absolute atomic E-state index is 0.0556. The molecule has 1 unspecified atom stereocenters. The molecule has 6 heteroatoms. The van der Waals surface area contributed by atoms with Gasteiger partial charge in [-0.2, -0.15) is 5.26 Å². The molecule has 0 saturated heterocycles. The summed E-state index contributed by atoms with van der Waals surface area (Å²) in [5, 5.41) is 24.1. The van der Waals surface area contributed by atoms with Crippen molar-refractivity contribution >= 4 is 11.9 Å². The van der Waals surface area contributed by atoms with Gasteiger partial charge >= 0.3 is 11.9 Å². The van der Waals surface area contributed by atoms with E-state index in [1.54, 1.807) is 6.07 Å². The second kappa shape index (κ2) is 15.6. The number of aliphatic carboxylic acids is 1. The molecule has 0 aliphatic rings. The van der Waals surface area contributed by atoms with Gasteiger partial charge in [0.05, 0.1) is 31.3 Å². The highest BCUT2D eigenvalue weighted by atomic mass is 16.5. The van der Waals surface area contributed by atoms with Crippen LogP contribution in [-0.4, -0.2) is 35.4 Å². The van der Waals surface area contributed by atoms with Crippen molar-refractivity contribution in [3.8, 4) is 6.07 Å². The molecular weight excluding hydrogens is 250 g/mol. The van der Waals surface area contributed by atoms with E-state index >= 15 is 0 Å². The molecule has 0 aromatic rings. The number of rotatable bonds is 4. The van der Waals surface area contributed by atoms with Crippen LogP contribution in [0.2, 0.25) is 0 Å². The summed E-state index contributed by atoms with van der Waals surface area (Å²) in [6.45, 7) is 11.1. The average molecular weight is 269 g/mol. The molecule has 0 heterocycles. The van der Waals surface area contributed by atoms with Gasteiger partial charge in [0.2, 0.25) is 0 Å². The van der Waals surface area contributed by atoms with Crippen LogP contribution in [0, 0.1) is 11.3 Å². The van der Waals surface area contributed by atoms with Gasteiger partial charge in [0.1, 0.15) is 0 Å². The first-order valence-electron chi connectivity index (χ1n) is 5.06. The van der Waals surface area contributed by atoms with Crippen LogP contribution in [0.4, 0.5) is 0 Å². The van der Waals surface area contributed by atoms with E-state index in [2.05, 4.69) is 24.5 Å². The van der Waals surface area contributed by atoms with E-state index in [0.29, 0.717) is 0 Å². The maximum absolute atomic E-state index is 10.5. The molecule has 6 nitrogen and oxygen atoms in total. The average Bonchev–Trinajstić information content (AvgIpc) is 2.37. The van der Waals surface area contributed by atoms with Gasteiger partial charge in [0.25, 0.3) is 0 Å². The molecule has 2 N–H and O–H groups in total. The van der Waals surface area contributed by atoms with Gasteiger partial charge in [-0.15, -0.1) is 6.58 Å². The molecular formula is C13H19NO5. The van der Waals surface area contributed by atoms with Gasteiger partial charge in [-0.25, -0.2) is 4.79 Å². The summed E-state index contributed by atoms with van der Waals surface area (Å²) in [4.78, 5) is 20.0. The maximum Gasteiger partial charge on any atom is 0.335 e. The normalized spacial score (nSPS) is 8.95. The summed E-state index contributed by atoms with van der Waals surface area (Å²) < 4.78 is 4.27. The summed E-state index contributed by atoms with van der Waals surface area (Å²) in [6.07, 6.45) is 1.76. The summed E-state index contributed by atoms with van der Waals surface area (Å²) >= 11 is 0. The van der Waals surface area contributed by atoms with Crippen LogP contribution >= 0.6 is 0 Å². The summed E-state index contributed by atoms with van der Waals surface area (Å²) in [6, 6.07) is 1.69. The number of hydrogen-bond acceptors (Lipinski definition) is 5. The SMILES string of the molecule is C=C(C(=O)OC)C(C)O.C=CC#N.C=CCC(=O)O. The Bertz CT molecular complexity index is 353. The lowest BCUT2D eigenvalue weighted by atomic mass is 10.2. The van der Waals surface area contributed by atoms with E-state index in [9.17, 15) is 9.59 Å². The molecule has 106 valence electrons. The molecule has 0 aromatic carbocycles. The summed E-state index contributed by atoms with van der Waals surface area (Å²) in [5.41, 5.74) is 0.0810. The molecule has 0 spiro atoms. The molecule has 0 fully saturated rings. The fourth-order valence-corrected chi connectivity index (χ4v) is 0.425. The minimum atomic E-state index is -0.829. The Morgan fingerprint density at radius 1 is 1.47 bits per heavy atom. The molecule has 19 heavy (non-hydrogen) atoms. The Morgan fingerprint density at radius 2 is 1.89 bits per heavy atom. The lowest BCUT2D eigenvalue weighted by Gasteiger charge is -2.03. The Kier molecular flexibility index (Phi) is 18.0. The summed E-state index contributed by atoms with van der Waals surface area (Å²) in [5.74, 6) is -1.39.